The molecule has 1 aliphatic carbocycles. The Morgan fingerprint density at radius 3 is 2.45 bits per heavy atom. The molecule has 0 radical (unpaired) electrons. The molecule has 2 aromatic rings. The summed E-state index contributed by atoms with van der Waals surface area (Å²) in [5.41, 5.74) is 2.17. The van der Waals surface area contributed by atoms with Gasteiger partial charge in [-0.15, -0.1) is 11.8 Å². The average Bonchev–Trinajstić information content (AvgIpc) is 3.26. The molecule has 0 aliphatic heterocycles. The Balaban J connectivity index is 1.65. The number of nitrogens with one attached hydrogen (secondary N) is 1. The van der Waals surface area contributed by atoms with Crippen molar-refractivity contribution >= 4 is 55.4 Å². The fourth-order valence-electron chi connectivity index (χ4n) is 3.73. The molecule has 0 spiro atoms. The summed E-state index contributed by atoms with van der Waals surface area (Å²) < 4.78 is 2.00. The minimum Gasteiger partial charge on any atom is -0.352 e. The van der Waals surface area contributed by atoms with Crippen molar-refractivity contribution in [3.63, 3.8) is 0 Å². The van der Waals surface area contributed by atoms with Crippen molar-refractivity contribution in [3.05, 3.63) is 68.6 Å². The van der Waals surface area contributed by atoms with Crippen molar-refractivity contribution in [3.8, 4) is 0 Å². The first-order valence-corrected chi connectivity index (χ1v) is 13.3. The number of benzene rings is 2. The van der Waals surface area contributed by atoms with Gasteiger partial charge >= 0.3 is 0 Å². The van der Waals surface area contributed by atoms with Crippen LogP contribution in [0.2, 0.25) is 0 Å². The Labute approximate surface area is 205 Å². The average molecular weight is 568 g/mol. The van der Waals surface area contributed by atoms with Crippen LogP contribution in [0, 0.1) is 0 Å². The number of carbonyl (C=O) groups excluding carboxylic acids is 2. The topological polar surface area (TPSA) is 49.4 Å². The van der Waals surface area contributed by atoms with Crippen molar-refractivity contribution in [1.82, 2.24) is 10.2 Å². The number of amides is 2. The minimum absolute atomic E-state index is 0.0174. The predicted octanol–water partition coefficient (Wildman–Crippen LogP) is 5.92. The predicted molar refractivity (Wildman–Crippen MR) is 135 cm³/mol. The molecule has 31 heavy (non-hydrogen) atoms. The van der Waals surface area contributed by atoms with Crippen molar-refractivity contribution in [2.24, 2.45) is 0 Å². The van der Waals surface area contributed by atoms with E-state index in [4.69, 9.17) is 0 Å². The van der Waals surface area contributed by atoms with E-state index in [9.17, 15) is 9.59 Å². The highest BCUT2D eigenvalue weighted by atomic mass is 79.9. The van der Waals surface area contributed by atoms with E-state index in [1.165, 1.54) is 5.56 Å². The molecule has 0 saturated heterocycles. The lowest BCUT2D eigenvalue weighted by Crippen LogP contribution is -2.50. The summed E-state index contributed by atoms with van der Waals surface area (Å²) in [6.45, 7) is 2.25. The molecule has 1 N–H and O–H groups in total. The number of rotatable bonds is 9. The molecule has 7 heteroatoms. The zero-order chi connectivity index (χ0) is 22.2. The first kappa shape index (κ1) is 24.3. The molecule has 0 bridgehead atoms. The standard InChI is InChI=1S/C24H28Br2N2O2S/c1-17(24(30)27-22-7-2-3-8-22)28(14-19-5-4-6-21(26)13-19)23(29)16-31-15-18-9-11-20(25)12-10-18/h4-6,9-13,17,22H,2-3,7-8,14-16H2,1H3,(H,27,30). The number of hydrogen-bond donors (Lipinski definition) is 1. The summed E-state index contributed by atoms with van der Waals surface area (Å²) in [6, 6.07) is 15.7. The van der Waals surface area contributed by atoms with E-state index >= 15 is 0 Å². The van der Waals surface area contributed by atoms with Crippen LogP contribution in [0.15, 0.2) is 57.5 Å². The van der Waals surface area contributed by atoms with Gasteiger partial charge in [-0.25, -0.2) is 0 Å². The summed E-state index contributed by atoms with van der Waals surface area (Å²) in [6.07, 6.45) is 4.38. The number of hydrogen-bond acceptors (Lipinski definition) is 3. The van der Waals surface area contributed by atoms with E-state index in [2.05, 4.69) is 49.3 Å². The smallest absolute Gasteiger partial charge is 0.242 e. The molecule has 4 nitrogen and oxygen atoms in total. The maximum absolute atomic E-state index is 13.2. The van der Waals surface area contributed by atoms with E-state index in [-0.39, 0.29) is 17.9 Å². The molecule has 2 aromatic carbocycles. The van der Waals surface area contributed by atoms with Crippen LogP contribution in [-0.2, 0) is 21.9 Å². The molecule has 1 fully saturated rings. The van der Waals surface area contributed by atoms with E-state index in [1.807, 2.05) is 43.3 Å². The maximum atomic E-state index is 13.2. The van der Waals surface area contributed by atoms with Gasteiger partial charge in [-0.2, -0.15) is 0 Å². The molecule has 1 saturated carbocycles. The van der Waals surface area contributed by atoms with Crippen molar-refractivity contribution in [2.45, 2.75) is 57.0 Å². The van der Waals surface area contributed by atoms with Crippen LogP contribution in [-0.4, -0.2) is 34.6 Å². The molecule has 1 unspecified atom stereocenters. The van der Waals surface area contributed by atoms with Crippen LogP contribution in [0.4, 0.5) is 0 Å². The van der Waals surface area contributed by atoms with Gasteiger partial charge in [0, 0.05) is 27.3 Å². The zero-order valence-corrected chi connectivity index (χ0v) is 21.6. The summed E-state index contributed by atoms with van der Waals surface area (Å²) in [4.78, 5) is 27.8. The number of thioether (sulfide) groups is 1. The zero-order valence-electron chi connectivity index (χ0n) is 17.7. The van der Waals surface area contributed by atoms with Crippen LogP contribution in [0.25, 0.3) is 0 Å². The maximum Gasteiger partial charge on any atom is 0.242 e. The minimum atomic E-state index is -0.514. The van der Waals surface area contributed by atoms with Crippen molar-refractivity contribution in [1.29, 1.82) is 0 Å². The van der Waals surface area contributed by atoms with E-state index in [1.54, 1.807) is 16.7 Å². The highest BCUT2D eigenvalue weighted by Gasteiger charge is 2.28. The Bertz CT molecular complexity index is 885. The summed E-state index contributed by atoms with van der Waals surface area (Å²) in [7, 11) is 0. The van der Waals surface area contributed by atoms with Gasteiger partial charge in [-0.1, -0.05) is 69.0 Å². The summed E-state index contributed by atoms with van der Waals surface area (Å²) >= 11 is 8.52. The largest absolute Gasteiger partial charge is 0.352 e. The molecule has 1 atom stereocenters. The number of nitrogens with zero attached hydrogens (tertiary/aromatic N) is 1. The van der Waals surface area contributed by atoms with Gasteiger partial charge in [0.15, 0.2) is 0 Å². The molecule has 0 heterocycles. The van der Waals surface area contributed by atoms with Crippen LogP contribution in [0.3, 0.4) is 0 Å². The van der Waals surface area contributed by atoms with E-state index < -0.39 is 6.04 Å². The second-order valence-electron chi connectivity index (χ2n) is 7.94. The second-order valence-corrected chi connectivity index (χ2v) is 10.8. The third-order valence-corrected chi connectivity index (χ3v) is 7.53. The van der Waals surface area contributed by atoms with Gasteiger partial charge in [0.05, 0.1) is 5.75 Å². The lowest BCUT2D eigenvalue weighted by Gasteiger charge is -2.29. The normalized spacial score (nSPS) is 14.9. The van der Waals surface area contributed by atoms with Crippen LogP contribution in [0.5, 0.6) is 0 Å². The third-order valence-electron chi connectivity index (χ3n) is 5.52. The van der Waals surface area contributed by atoms with Gasteiger partial charge in [0.25, 0.3) is 0 Å². The molecular weight excluding hydrogens is 540 g/mol. The molecule has 2 amide bonds. The molecule has 166 valence electrons. The highest BCUT2D eigenvalue weighted by molar-refractivity contribution is 9.10. The van der Waals surface area contributed by atoms with Gasteiger partial charge in [-0.3, -0.25) is 9.59 Å². The van der Waals surface area contributed by atoms with Crippen LogP contribution < -0.4 is 5.32 Å². The van der Waals surface area contributed by atoms with Gasteiger partial charge in [-0.05, 0) is 55.2 Å². The fourth-order valence-corrected chi connectivity index (χ4v) is 5.31. The molecule has 1 aliphatic rings. The highest BCUT2D eigenvalue weighted by Crippen LogP contribution is 2.21. The van der Waals surface area contributed by atoms with Crippen molar-refractivity contribution in [2.75, 3.05) is 5.75 Å². The molecular formula is C24H28Br2N2O2S. The first-order chi connectivity index (χ1) is 14.9. The van der Waals surface area contributed by atoms with Gasteiger partial charge < -0.3 is 10.2 Å². The Morgan fingerprint density at radius 1 is 1.06 bits per heavy atom. The van der Waals surface area contributed by atoms with Crippen LogP contribution >= 0.6 is 43.6 Å². The monoisotopic (exact) mass is 566 g/mol. The summed E-state index contributed by atoms with van der Waals surface area (Å²) in [5.74, 6) is 1.02. The van der Waals surface area contributed by atoms with Gasteiger partial charge in [0.1, 0.15) is 6.04 Å². The lowest BCUT2D eigenvalue weighted by atomic mass is 10.1. The third kappa shape index (κ3) is 7.65. The molecule has 3 rings (SSSR count). The number of halogens is 2. The first-order valence-electron chi connectivity index (χ1n) is 10.6. The Kier molecular flexibility index (Phi) is 9.48. The van der Waals surface area contributed by atoms with E-state index in [0.29, 0.717) is 12.3 Å². The van der Waals surface area contributed by atoms with Crippen LogP contribution in [0.1, 0.15) is 43.7 Å². The van der Waals surface area contributed by atoms with Gasteiger partial charge in [0.2, 0.25) is 11.8 Å². The second kappa shape index (κ2) is 12.1. The Morgan fingerprint density at radius 2 is 1.77 bits per heavy atom. The lowest BCUT2D eigenvalue weighted by molar-refractivity contribution is -0.138. The SMILES string of the molecule is CC(C(=O)NC1CCCC1)N(Cc1cccc(Br)c1)C(=O)CSCc1ccc(Br)cc1. The quantitative estimate of drug-likeness (QED) is 0.409. The fraction of sp³-hybridized carbons (Fsp3) is 0.417. The Hall–Kier alpha value is -1.31. The molecule has 0 aromatic heterocycles. The van der Waals surface area contributed by atoms with E-state index in [0.717, 1.165) is 45.9 Å². The summed E-state index contributed by atoms with van der Waals surface area (Å²) in [5, 5.41) is 3.15. The van der Waals surface area contributed by atoms with Crippen molar-refractivity contribution < 1.29 is 9.59 Å². The number of carbonyl (C=O) groups is 2.